The molecule has 2 N–H and O–H groups in total. The number of aryl methyl sites for hydroxylation is 1. The van der Waals surface area contributed by atoms with Crippen molar-refractivity contribution in [2.75, 3.05) is 37.6 Å². The number of aromatic nitrogens is 6. The van der Waals surface area contributed by atoms with Crippen LogP contribution < -0.4 is 15.4 Å². The lowest BCUT2D eigenvalue weighted by atomic mass is 10.2. The molecule has 0 radical (unpaired) electrons. The van der Waals surface area contributed by atoms with Gasteiger partial charge in [0, 0.05) is 54.7 Å². The van der Waals surface area contributed by atoms with Gasteiger partial charge in [0.1, 0.15) is 5.88 Å². The van der Waals surface area contributed by atoms with E-state index in [0.717, 1.165) is 0 Å². The van der Waals surface area contributed by atoms with Gasteiger partial charge in [-0.3, -0.25) is 8.89 Å². The lowest BCUT2D eigenvalue weighted by molar-refractivity contribution is 0.145. The second-order valence-electron chi connectivity index (χ2n) is 8.06. The summed E-state index contributed by atoms with van der Waals surface area (Å²) < 4.78 is 60.2. The number of halogens is 3. The highest BCUT2D eigenvalue weighted by atomic mass is 32.2. The van der Waals surface area contributed by atoms with E-state index in [0.29, 0.717) is 53.9 Å². The van der Waals surface area contributed by atoms with Gasteiger partial charge < -0.3 is 15.4 Å². The number of nitrogens with two attached hydrogens (primary N) is 1. The summed E-state index contributed by atoms with van der Waals surface area (Å²) in [6, 6.07) is 2.75. The molecular weight excluding hydrogens is 509 g/mol. The van der Waals surface area contributed by atoms with Crippen molar-refractivity contribution in [3.8, 4) is 5.75 Å². The first-order chi connectivity index (χ1) is 17.7. The van der Waals surface area contributed by atoms with E-state index in [4.69, 9.17) is 10.5 Å². The van der Waals surface area contributed by atoms with Crippen molar-refractivity contribution in [3.63, 3.8) is 0 Å². The molecule has 0 spiro atoms. The third kappa shape index (κ3) is 6.29. The fourth-order valence-corrected chi connectivity index (χ4v) is 4.32. The third-order valence-corrected chi connectivity index (χ3v) is 6.09. The van der Waals surface area contributed by atoms with E-state index in [9.17, 15) is 17.4 Å². The van der Waals surface area contributed by atoms with Gasteiger partial charge >= 0.3 is 0 Å². The summed E-state index contributed by atoms with van der Waals surface area (Å²) >= 11 is 0. The standard InChI is InChI=1S/C21H25F3N8O2S.C2H6/c1-30(15-10-31(11-35(3)33)29-18(15)19(23)24)7-5-4-6-17-27-20-12-8-13(22)16(34-2)9-14(12)26-21(25)32(20)28-17;1-2/h8-10,19H,4-7,11H2,1-3H3,(H2,25,26);1-2H3. The molecule has 0 aliphatic carbocycles. The summed E-state index contributed by atoms with van der Waals surface area (Å²) in [6.45, 7) is 4.49. The predicted octanol–water partition coefficient (Wildman–Crippen LogP) is 3.96. The number of nitrogens with zero attached hydrogens (tertiary/aromatic N) is 7. The van der Waals surface area contributed by atoms with E-state index in [-0.39, 0.29) is 23.3 Å². The maximum absolute atomic E-state index is 14.2. The van der Waals surface area contributed by atoms with Crippen LogP contribution in [0.1, 0.15) is 44.6 Å². The Morgan fingerprint density at radius 3 is 2.57 bits per heavy atom. The van der Waals surface area contributed by atoms with Gasteiger partial charge in [-0.2, -0.15) is 9.61 Å². The maximum Gasteiger partial charge on any atom is 0.284 e. The number of anilines is 2. The number of nitrogen functional groups attached to an aromatic ring is 1. The zero-order valence-corrected chi connectivity index (χ0v) is 22.2. The van der Waals surface area contributed by atoms with Crippen molar-refractivity contribution in [1.82, 2.24) is 29.4 Å². The molecule has 1 atom stereocenters. The SMILES string of the molecule is CC.COc1cc2nc(N)n3nc(CCCCN(C)c4cn(CS(C)=O)nc4C(F)F)nc3c2cc1F. The van der Waals surface area contributed by atoms with Gasteiger partial charge in [-0.05, 0) is 18.9 Å². The highest BCUT2D eigenvalue weighted by Crippen LogP contribution is 2.29. The molecule has 14 heteroatoms. The summed E-state index contributed by atoms with van der Waals surface area (Å²) in [5, 5.41) is 8.72. The number of alkyl halides is 2. The van der Waals surface area contributed by atoms with Crippen LogP contribution in [0.5, 0.6) is 5.75 Å². The van der Waals surface area contributed by atoms with Crippen LogP contribution in [0, 0.1) is 5.82 Å². The molecule has 0 saturated carbocycles. The number of methoxy groups -OCH3 is 1. The Morgan fingerprint density at radius 2 is 1.92 bits per heavy atom. The summed E-state index contributed by atoms with van der Waals surface area (Å²) in [6.07, 6.45) is 2.08. The summed E-state index contributed by atoms with van der Waals surface area (Å²) in [4.78, 5) is 10.5. The van der Waals surface area contributed by atoms with Crippen molar-refractivity contribution in [1.29, 1.82) is 0 Å². The molecular formula is C23H31F3N8O2S. The number of benzene rings is 1. The minimum atomic E-state index is -2.74. The molecule has 4 rings (SSSR count). The van der Waals surface area contributed by atoms with E-state index < -0.39 is 23.0 Å². The Bertz CT molecular complexity index is 1390. The zero-order valence-electron chi connectivity index (χ0n) is 21.4. The van der Waals surface area contributed by atoms with Crippen LogP contribution in [0.25, 0.3) is 16.6 Å². The predicted molar refractivity (Wildman–Crippen MR) is 138 cm³/mol. The summed E-state index contributed by atoms with van der Waals surface area (Å²) in [5.74, 6) is 0.190. The third-order valence-electron chi connectivity index (χ3n) is 5.46. The Morgan fingerprint density at radius 1 is 1.19 bits per heavy atom. The van der Waals surface area contributed by atoms with Gasteiger partial charge in [0.15, 0.2) is 28.7 Å². The molecule has 10 nitrogen and oxygen atoms in total. The molecule has 0 bridgehead atoms. The van der Waals surface area contributed by atoms with Crippen molar-refractivity contribution < 1.29 is 22.1 Å². The number of ether oxygens (including phenoxy) is 1. The topological polar surface area (TPSA) is 116 Å². The smallest absolute Gasteiger partial charge is 0.284 e. The molecule has 37 heavy (non-hydrogen) atoms. The average molecular weight is 541 g/mol. The molecule has 4 aromatic rings. The van der Waals surface area contributed by atoms with Crippen LogP contribution in [0.3, 0.4) is 0 Å². The molecule has 3 heterocycles. The van der Waals surface area contributed by atoms with Crippen molar-refractivity contribution in [2.24, 2.45) is 0 Å². The first kappa shape index (κ1) is 28.2. The van der Waals surface area contributed by atoms with E-state index in [2.05, 4.69) is 20.2 Å². The molecule has 0 aliphatic heterocycles. The highest BCUT2D eigenvalue weighted by Gasteiger charge is 2.21. The second-order valence-corrected chi connectivity index (χ2v) is 9.46. The normalized spacial score (nSPS) is 12.1. The number of fused-ring (bicyclic) bond motifs is 3. The number of hydrogen-bond donors (Lipinski definition) is 1. The molecule has 0 saturated heterocycles. The average Bonchev–Trinajstić information content (AvgIpc) is 3.48. The largest absolute Gasteiger partial charge is 0.494 e. The van der Waals surface area contributed by atoms with Gasteiger partial charge in [0.25, 0.3) is 6.43 Å². The second kappa shape index (κ2) is 12.2. The molecule has 0 aliphatic rings. The first-order valence-corrected chi connectivity index (χ1v) is 13.5. The number of rotatable bonds is 10. The molecule has 1 aromatic carbocycles. The summed E-state index contributed by atoms with van der Waals surface area (Å²) in [5.41, 5.74) is 6.82. The minimum absolute atomic E-state index is 0.0520. The van der Waals surface area contributed by atoms with Gasteiger partial charge in [0.2, 0.25) is 5.95 Å². The van der Waals surface area contributed by atoms with Crippen molar-refractivity contribution in [3.05, 3.63) is 35.7 Å². The lowest BCUT2D eigenvalue weighted by Crippen LogP contribution is -2.19. The van der Waals surface area contributed by atoms with Gasteiger partial charge in [-0.1, -0.05) is 13.8 Å². The molecule has 0 fully saturated rings. The minimum Gasteiger partial charge on any atom is -0.494 e. The Kier molecular flexibility index (Phi) is 9.29. The van der Waals surface area contributed by atoms with Crippen LogP contribution in [0.15, 0.2) is 18.3 Å². The van der Waals surface area contributed by atoms with Crippen LogP contribution in [-0.4, -0.2) is 60.5 Å². The Labute approximate surface area is 215 Å². The fraction of sp³-hybridized carbons (Fsp3) is 0.478. The molecule has 202 valence electrons. The van der Waals surface area contributed by atoms with Crippen LogP contribution in [0.2, 0.25) is 0 Å². The van der Waals surface area contributed by atoms with Crippen molar-refractivity contribution in [2.45, 2.75) is 45.4 Å². The molecule has 0 amide bonds. The van der Waals surface area contributed by atoms with Crippen molar-refractivity contribution >= 4 is 39.0 Å². The van der Waals surface area contributed by atoms with Gasteiger partial charge in [-0.15, -0.1) is 5.10 Å². The zero-order chi connectivity index (χ0) is 27.3. The number of hydrogen-bond acceptors (Lipinski definition) is 8. The summed E-state index contributed by atoms with van der Waals surface area (Å²) in [7, 11) is 1.87. The van der Waals surface area contributed by atoms with E-state index in [1.54, 1.807) is 11.9 Å². The Balaban J connectivity index is 0.00000186. The van der Waals surface area contributed by atoms with E-state index in [1.807, 2.05) is 13.8 Å². The fourth-order valence-electron chi connectivity index (χ4n) is 3.82. The molecule has 1 unspecified atom stereocenters. The lowest BCUT2D eigenvalue weighted by Gasteiger charge is -2.18. The molecule has 3 aromatic heterocycles. The van der Waals surface area contributed by atoms with Crippen LogP contribution in [0.4, 0.5) is 24.8 Å². The Hall–Kier alpha value is -3.42. The number of unbranched alkanes of at least 4 members (excludes halogenated alkanes) is 1. The monoisotopic (exact) mass is 540 g/mol. The van der Waals surface area contributed by atoms with Crippen LogP contribution in [-0.2, 0) is 23.1 Å². The first-order valence-electron chi connectivity index (χ1n) is 11.7. The van der Waals surface area contributed by atoms with Gasteiger partial charge in [0.05, 0.1) is 18.3 Å². The highest BCUT2D eigenvalue weighted by molar-refractivity contribution is 7.83. The quantitative estimate of drug-likeness (QED) is 0.301. The van der Waals surface area contributed by atoms with Gasteiger partial charge in [-0.25, -0.2) is 23.1 Å². The van der Waals surface area contributed by atoms with Crippen LogP contribution >= 0.6 is 0 Å². The maximum atomic E-state index is 14.2. The van der Waals surface area contributed by atoms with E-state index >= 15 is 0 Å². The van der Waals surface area contributed by atoms with E-state index in [1.165, 1.54) is 40.9 Å².